The summed E-state index contributed by atoms with van der Waals surface area (Å²) < 4.78 is 5.85. The van der Waals surface area contributed by atoms with Crippen LogP contribution in [0.4, 0.5) is 0 Å². The Morgan fingerprint density at radius 3 is 2.14 bits per heavy atom. The van der Waals surface area contributed by atoms with E-state index in [1.807, 2.05) is 7.11 Å². The first-order chi connectivity index (χ1) is 10.9. The monoisotopic (exact) mass is 291 g/mol. The summed E-state index contributed by atoms with van der Waals surface area (Å²) in [6, 6.07) is 22.6. The molecule has 2 aliphatic heterocycles. The van der Waals surface area contributed by atoms with Gasteiger partial charge in [0.1, 0.15) is 0 Å². The first kappa shape index (κ1) is 14.0. The predicted molar refractivity (Wildman–Crippen MR) is 91.0 cm³/mol. The highest BCUT2D eigenvalue weighted by molar-refractivity contribution is 6.50. The minimum Gasteiger partial charge on any atom is -0.424 e. The minimum atomic E-state index is 0.0553. The predicted octanol–water partition coefficient (Wildman–Crippen LogP) is 3.59. The normalized spacial score (nSPS) is 23.7. The molecule has 2 aromatic rings. The number of nitrogens with zero attached hydrogens (tertiary/aromatic N) is 1. The van der Waals surface area contributed by atoms with E-state index < -0.39 is 0 Å². The molecular weight excluding hydrogens is 269 g/mol. The average molecular weight is 291 g/mol. The second-order valence-corrected chi connectivity index (χ2v) is 6.49. The highest BCUT2D eigenvalue weighted by atomic mass is 16.4. The van der Waals surface area contributed by atoms with E-state index in [9.17, 15) is 0 Å². The van der Waals surface area contributed by atoms with Gasteiger partial charge in [-0.25, -0.2) is 0 Å². The van der Waals surface area contributed by atoms with Crippen LogP contribution in [-0.4, -0.2) is 31.6 Å². The highest BCUT2D eigenvalue weighted by Gasteiger charge is 2.57. The molecule has 2 nitrogen and oxygen atoms in total. The van der Waals surface area contributed by atoms with Crippen molar-refractivity contribution in [1.29, 1.82) is 0 Å². The van der Waals surface area contributed by atoms with Crippen LogP contribution in [-0.2, 0) is 10.1 Å². The van der Waals surface area contributed by atoms with Gasteiger partial charge in [0.2, 0.25) is 0 Å². The Labute approximate surface area is 133 Å². The fourth-order valence-electron chi connectivity index (χ4n) is 4.67. The van der Waals surface area contributed by atoms with Crippen LogP contribution in [0.1, 0.15) is 24.0 Å². The maximum atomic E-state index is 5.85. The maximum Gasteiger partial charge on any atom is 0.383 e. The Kier molecular flexibility index (Phi) is 3.55. The molecule has 2 aliphatic rings. The van der Waals surface area contributed by atoms with Gasteiger partial charge in [0.05, 0.1) is 0 Å². The zero-order valence-corrected chi connectivity index (χ0v) is 13.1. The van der Waals surface area contributed by atoms with Gasteiger partial charge in [-0.3, -0.25) is 0 Å². The van der Waals surface area contributed by atoms with Gasteiger partial charge in [0, 0.05) is 18.6 Å². The van der Waals surface area contributed by atoms with Gasteiger partial charge in [0.15, 0.2) is 0 Å². The largest absolute Gasteiger partial charge is 0.424 e. The molecule has 1 atom stereocenters. The molecular formula is C19H22BNO. The van der Waals surface area contributed by atoms with Gasteiger partial charge in [-0.05, 0) is 36.8 Å². The van der Waals surface area contributed by atoms with E-state index in [2.05, 4.69) is 65.5 Å². The van der Waals surface area contributed by atoms with Crippen molar-refractivity contribution >= 4 is 7.05 Å². The molecule has 0 amide bonds. The first-order valence-electron chi connectivity index (χ1n) is 8.26. The Hall–Kier alpha value is -1.58. The molecule has 0 spiro atoms. The third-order valence-corrected chi connectivity index (χ3v) is 5.58. The number of fused-ring (bicyclic) bond motifs is 1. The van der Waals surface area contributed by atoms with Gasteiger partial charge in [0.25, 0.3) is 0 Å². The van der Waals surface area contributed by atoms with E-state index in [0.717, 1.165) is 12.9 Å². The van der Waals surface area contributed by atoms with Crippen LogP contribution >= 0.6 is 0 Å². The van der Waals surface area contributed by atoms with Gasteiger partial charge >= 0.3 is 7.05 Å². The zero-order chi connectivity index (χ0) is 15.0. The number of rotatable bonds is 3. The van der Waals surface area contributed by atoms with Crippen molar-refractivity contribution in [3.05, 3.63) is 71.8 Å². The lowest BCUT2D eigenvalue weighted by Gasteiger charge is -2.37. The molecule has 0 saturated carbocycles. The lowest BCUT2D eigenvalue weighted by molar-refractivity contribution is 0.303. The Balaban J connectivity index is 1.90. The standard InChI is InChI=1S/C19H22BNO/c1-22-20-15-19(16-9-4-2-5-10-16,17-11-6-3-7-12-17)18-13-8-14-21(18)20/h2-7,9-12,18H,8,13-15H2,1H3/t18-/m1/s1. The van der Waals surface area contributed by atoms with Crippen molar-refractivity contribution in [3.8, 4) is 0 Å². The summed E-state index contributed by atoms with van der Waals surface area (Å²) in [4.78, 5) is 2.58. The molecule has 0 N–H and O–H groups in total. The van der Waals surface area contributed by atoms with Crippen LogP contribution in [0.3, 0.4) is 0 Å². The Morgan fingerprint density at radius 2 is 1.59 bits per heavy atom. The molecule has 0 radical (unpaired) electrons. The fourth-order valence-corrected chi connectivity index (χ4v) is 4.67. The van der Waals surface area contributed by atoms with Crippen molar-refractivity contribution in [1.82, 2.24) is 4.81 Å². The quantitative estimate of drug-likeness (QED) is 0.801. The molecule has 4 rings (SSSR count). The van der Waals surface area contributed by atoms with Crippen molar-refractivity contribution in [2.24, 2.45) is 0 Å². The summed E-state index contributed by atoms with van der Waals surface area (Å²) in [7, 11) is 2.08. The van der Waals surface area contributed by atoms with Crippen LogP contribution in [0.15, 0.2) is 60.7 Å². The molecule has 0 bridgehead atoms. The molecule has 22 heavy (non-hydrogen) atoms. The smallest absolute Gasteiger partial charge is 0.383 e. The van der Waals surface area contributed by atoms with Crippen LogP contribution in [0, 0.1) is 0 Å². The number of benzene rings is 2. The first-order valence-corrected chi connectivity index (χ1v) is 8.26. The Morgan fingerprint density at radius 1 is 1.00 bits per heavy atom. The van der Waals surface area contributed by atoms with Gasteiger partial charge < -0.3 is 9.47 Å². The van der Waals surface area contributed by atoms with Gasteiger partial charge in [-0.15, -0.1) is 0 Å². The van der Waals surface area contributed by atoms with E-state index in [1.165, 1.54) is 24.0 Å². The van der Waals surface area contributed by atoms with E-state index in [4.69, 9.17) is 4.65 Å². The number of hydrogen-bond donors (Lipinski definition) is 0. The zero-order valence-electron chi connectivity index (χ0n) is 13.1. The third kappa shape index (κ3) is 1.96. The fraction of sp³-hybridized carbons (Fsp3) is 0.368. The lowest BCUT2D eigenvalue weighted by Crippen LogP contribution is -2.41. The summed E-state index contributed by atoms with van der Waals surface area (Å²) in [6.07, 6.45) is 3.57. The van der Waals surface area contributed by atoms with Crippen LogP contribution < -0.4 is 0 Å². The summed E-state index contributed by atoms with van der Waals surface area (Å²) in [5, 5.41) is 0. The van der Waals surface area contributed by atoms with E-state index in [0.29, 0.717) is 6.04 Å². The van der Waals surface area contributed by atoms with E-state index in [-0.39, 0.29) is 12.5 Å². The van der Waals surface area contributed by atoms with Gasteiger partial charge in [-0.1, -0.05) is 60.7 Å². The van der Waals surface area contributed by atoms with Crippen molar-refractivity contribution < 1.29 is 4.65 Å². The molecule has 2 heterocycles. The van der Waals surface area contributed by atoms with E-state index in [1.54, 1.807) is 0 Å². The molecule has 0 aromatic heterocycles. The second-order valence-electron chi connectivity index (χ2n) is 6.49. The summed E-state index contributed by atoms with van der Waals surface area (Å²) >= 11 is 0. The maximum absolute atomic E-state index is 5.85. The van der Waals surface area contributed by atoms with Crippen LogP contribution in [0.25, 0.3) is 0 Å². The average Bonchev–Trinajstić information content (AvgIpc) is 3.18. The number of hydrogen-bond acceptors (Lipinski definition) is 2. The summed E-state index contributed by atoms with van der Waals surface area (Å²) in [5.74, 6) is 0. The van der Waals surface area contributed by atoms with Crippen LogP contribution in [0.5, 0.6) is 0 Å². The molecule has 0 unspecified atom stereocenters. The van der Waals surface area contributed by atoms with Crippen molar-refractivity contribution in [2.75, 3.05) is 13.7 Å². The third-order valence-electron chi connectivity index (χ3n) is 5.58. The van der Waals surface area contributed by atoms with Gasteiger partial charge in [-0.2, -0.15) is 0 Å². The topological polar surface area (TPSA) is 12.5 Å². The Bertz CT molecular complexity index is 591. The van der Waals surface area contributed by atoms with Crippen molar-refractivity contribution in [3.63, 3.8) is 0 Å². The summed E-state index contributed by atoms with van der Waals surface area (Å²) in [6.45, 7) is 1.16. The van der Waals surface area contributed by atoms with Crippen LogP contribution in [0.2, 0.25) is 6.32 Å². The molecule has 112 valence electrons. The molecule has 0 aliphatic carbocycles. The second kappa shape index (κ2) is 5.56. The van der Waals surface area contributed by atoms with E-state index >= 15 is 0 Å². The highest BCUT2D eigenvalue weighted by Crippen LogP contribution is 2.51. The molecule has 2 fully saturated rings. The SMILES string of the molecule is COB1CC(c2ccccc2)(c2ccccc2)[C@H]2CCCN12. The molecule has 2 aromatic carbocycles. The van der Waals surface area contributed by atoms with Crippen molar-refractivity contribution in [2.45, 2.75) is 30.6 Å². The lowest BCUT2D eigenvalue weighted by atomic mass is 9.61. The molecule has 2 saturated heterocycles. The minimum absolute atomic E-state index is 0.0553. The summed E-state index contributed by atoms with van der Waals surface area (Å²) in [5.41, 5.74) is 2.91. The molecule has 3 heteroatoms.